The molecular formula is C14H25NO. The van der Waals surface area contributed by atoms with Crippen LogP contribution in [-0.2, 0) is 4.79 Å². The van der Waals surface area contributed by atoms with Gasteiger partial charge < -0.3 is 4.90 Å². The summed E-state index contributed by atoms with van der Waals surface area (Å²) in [6, 6.07) is 0.502. The maximum absolute atomic E-state index is 12.2. The number of amides is 1. The van der Waals surface area contributed by atoms with Gasteiger partial charge in [0.1, 0.15) is 0 Å². The molecule has 2 atom stereocenters. The fourth-order valence-electron chi connectivity index (χ4n) is 3.94. The van der Waals surface area contributed by atoms with Crippen LogP contribution in [0.15, 0.2) is 0 Å². The Morgan fingerprint density at radius 1 is 1.38 bits per heavy atom. The van der Waals surface area contributed by atoms with E-state index in [-0.39, 0.29) is 0 Å². The third-order valence-corrected chi connectivity index (χ3v) is 4.46. The van der Waals surface area contributed by atoms with Gasteiger partial charge in [0.25, 0.3) is 0 Å². The number of nitrogens with zero attached hydrogens (tertiary/aromatic N) is 1. The monoisotopic (exact) mass is 223 g/mol. The molecule has 2 bridgehead atoms. The maximum atomic E-state index is 12.2. The average Bonchev–Trinajstić information content (AvgIpc) is 2.62. The molecule has 1 saturated heterocycles. The third-order valence-electron chi connectivity index (χ3n) is 4.46. The van der Waals surface area contributed by atoms with Gasteiger partial charge in [-0.05, 0) is 30.1 Å². The largest absolute Gasteiger partial charge is 0.339 e. The summed E-state index contributed by atoms with van der Waals surface area (Å²) < 4.78 is 0. The van der Waals surface area contributed by atoms with Crippen LogP contribution in [0.25, 0.3) is 0 Å². The highest BCUT2D eigenvalue weighted by Gasteiger charge is 2.56. The van der Waals surface area contributed by atoms with Gasteiger partial charge in [-0.15, -0.1) is 0 Å². The summed E-state index contributed by atoms with van der Waals surface area (Å²) >= 11 is 0. The number of likely N-dealkylation sites (tertiary alicyclic amines) is 1. The molecule has 92 valence electrons. The molecule has 2 rings (SSSR count). The summed E-state index contributed by atoms with van der Waals surface area (Å²) in [6.45, 7) is 10.1. The number of rotatable bonds is 3. The van der Waals surface area contributed by atoms with Crippen LogP contribution in [0.2, 0.25) is 0 Å². The van der Waals surface area contributed by atoms with Crippen LogP contribution < -0.4 is 0 Å². The number of fused-ring (bicyclic) bond motifs is 2. The molecular weight excluding hydrogens is 198 g/mol. The van der Waals surface area contributed by atoms with Crippen LogP contribution >= 0.6 is 0 Å². The lowest BCUT2D eigenvalue weighted by Crippen LogP contribution is -2.47. The van der Waals surface area contributed by atoms with E-state index < -0.39 is 0 Å². The van der Waals surface area contributed by atoms with E-state index in [1.165, 1.54) is 12.8 Å². The summed E-state index contributed by atoms with van der Waals surface area (Å²) in [4.78, 5) is 14.3. The predicted molar refractivity (Wildman–Crippen MR) is 66.1 cm³/mol. The zero-order valence-electron chi connectivity index (χ0n) is 11.2. The van der Waals surface area contributed by atoms with E-state index in [1.807, 2.05) is 0 Å². The molecule has 1 saturated carbocycles. The number of carbonyl (C=O) groups excluding carboxylic acids is 1. The van der Waals surface area contributed by atoms with Gasteiger partial charge in [0.2, 0.25) is 5.91 Å². The lowest BCUT2D eigenvalue weighted by atomic mass is 9.79. The van der Waals surface area contributed by atoms with Crippen LogP contribution in [-0.4, -0.2) is 23.4 Å². The highest BCUT2D eigenvalue weighted by atomic mass is 16.2. The molecule has 2 heteroatoms. The van der Waals surface area contributed by atoms with E-state index in [9.17, 15) is 4.79 Å². The Morgan fingerprint density at radius 2 is 2.06 bits per heavy atom. The van der Waals surface area contributed by atoms with Crippen molar-refractivity contribution in [3.8, 4) is 0 Å². The number of piperidine rings is 1. The zero-order valence-corrected chi connectivity index (χ0v) is 11.2. The molecule has 1 aliphatic carbocycles. The summed E-state index contributed by atoms with van der Waals surface area (Å²) in [5, 5.41) is 0. The highest BCUT2D eigenvalue weighted by Crippen LogP contribution is 2.56. The molecule has 0 unspecified atom stereocenters. The molecule has 2 nitrogen and oxygen atoms in total. The molecule has 0 aromatic heterocycles. The molecule has 1 amide bonds. The smallest absolute Gasteiger partial charge is 0.222 e. The van der Waals surface area contributed by atoms with Gasteiger partial charge in [-0.1, -0.05) is 34.1 Å². The Labute approximate surface area is 99.4 Å². The van der Waals surface area contributed by atoms with Crippen molar-refractivity contribution >= 4 is 5.91 Å². The van der Waals surface area contributed by atoms with Gasteiger partial charge in [0, 0.05) is 19.0 Å². The molecule has 0 aromatic carbocycles. The van der Waals surface area contributed by atoms with Crippen LogP contribution in [0.5, 0.6) is 0 Å². The predicted octanol–water partition coefficient (Wildman–Crippen LogP) is 3.21. The Hall–Kier alpha value is -0.530. The van der Waals surface area contributed by atoms with Crippen molar-refractivity contribution in [2.24, 2.45) is 10.8 Å². The second-order valence-corrected chi connectivity index (χ2v) is 6.82. The third kappa shape index (κ3) is 1.87. The molecule has 0 radical (unpaired) electrons. The van der Waals surface area contributed by atoms with Crippen LogP contribution in [0.4, 0.5) is 0 Å². The van der Waals surface area contributed by atoms with Crippen molar-refractivity contribution in [1.29, 1.82) is 0 Å². The standard InChI is InChI=1S/C14H25NO/c1-5-6-7-12(16)15-10-14(4)8-11(15)13(2,3)9-14/h11H,5-10H2,1-4H3/t11-,14-/m1/s1. The summed E-state index contributed by atoms with van der Waals surface area (Å²) in [6.07, 6.45) is 5.41. The SMILES string of the molecule is CCCCC(=O)N1C[C@]2(C)C[C@@H]1C(C)(C)C2. The molecule has 0 aromatic rings. The molecule has 0 spiro atoms. The first-order valence-corrected chi connectivity index (χ1v) is 6.67. The second-order valence-electron chi connectivity index (χ2n) is 6.82. The highest BCUT2D eigenvalue weighted by molar-refractivity contribution is 5.77. The summed E-state index contributed by atoms with van der Waals surface area (Å²) in [7, 11) is 0. The molecule has 1 aliphatic heterocycles. The van der Waals surface area contributed by atoms with Crippen LogP contribution in [0.3, 0.4) is 0 Å². The van der Waals surface area contributed by atoms with Gasteiger partial charge in [0.15, 0.2) is 0 Å². The fraction of sp³-hybridized carbons (Fsp3) is 0.929. The number of carbonyl (C=O) groups is 1. The van der Waals surface area contributed by atoms with Gasteiger partial charge in [-0.25, -0.2) is 0 Å². The Balaban J connectivity index is 2.06. The Morgan fingerprint density at radius 3 is 2.56 bits per heavy atom. The fourth-order valence-corrected chi connectivity index (χ4v) is 3.94. The molecule has 2 fully saturated rings. The lowest BCUT2D eigenvalue weighted by molar-refractivity contribution is -0.136. The molecule has 0 N–H and O–H groups in total. The van der Waals surface area contributed by atoms with Crippen molar-refractivity contribution < 1.29 is 4.79 Å². The van der Waals surface area contributed by atoms with E-state index in [0.717, 1.165) is 25.8 Å². The topological polar surface area (TPSA) is 20.3 Å². The Kier molecular flexibility index (Phi) is 2.80. The quantitative estimate of drug-likeness (QED) is 0.719. The van der Waals surface area contributed by atoms with Crippen molar-refractivity contribution in [2.75, 3.05) is 6.54 Å². The van der Waals surface area contributed by atoms with Crippen molar-refractivity contribution in [1.82, 2.24) is 4.90 Å². The maximum Gasteiger partial charge on any atom is 0.222 e. The molecule has 2 aliphatic rings. The second kappa shape index (κ2) is 3.75. The first-order valence-electron chi connectivity index (χ1n) is 6.67. The van der Waals surface area contributed by atoms with Gasteiger partial charge in [-0.3, -0.25) is 4.79 Å². The van der Waals surface area contributed by atoms with E-state index in [2.05, 4.69) is 32.6 Å². The van der Waals surface area contributed by atoms with E-state index in [0.29, 0.717) is 22.8 Å². The van der Waals surface area contributed by atoms with Crippen molar-refractivity contribution in [2.45, 2.75) is 65.8 Å². The minimum Gasteiger partial charge on any atom is -0.339 e. The van der Waals surface area contributed by atoms with E-state index >= 15 is 0 Å². The van der Waals surface area contributed by atoms with Gasteiger partial charge in [-0.2, -0.15) is 0 Å². The minimum absolute atomic E-state index is 0.328. The molecule has 1 heterocycles. The number of unbranched alkanes of at least 4 members (excludes halogenated alkanes) is 1. The summed E-state index contributed by atoms with van der Waals surface area (Å²) in [5.74, 6) is 0.392. The first-order chi connectivity index (χ1) is 7.38. The van der Waals surface area contributed by atoms with E-state index in [4.69, 9.17) is 0 Å². The zero-order chi connectivity index (χ0) is 12.0. The number of hydrogen-bond donors (Lipinski definition) is 0. The van der Waals surface area contributed by atoms with Crippen LogP contribution in [0.1, 0.15) is 59.8 Å². The minimum atomic E-state index is 0.328. The van der Waals surface area contributed by atoms with Gasteiger partial charge >= 0.3 is 0 Å². The lowest BCUT2D eigenvalue weighted by Gasteiger charge is -2.41. The normalized spacial score (nSPS) is 35.8. The number of hydrogen-bond acceptors (Lipinski definition) is 1. The average molecular weight is 223 g/mol. The van der Waals surface area contributed by atoms with Crippen molar-refractivity contribution in [3.05, 3.63) is 0 Å². The Bertz CT molecular complexity index is 294. The first kappa shape index (κ1) is 11.9. The van der Waals surface area contributed by atoms with E-state index in [1.54, 1.807) is 0 Å². The van der Waals surface area contributed by atoms with Crippen LogP contribution in [0, 0.1) is 10.8 Å². The van der Waals surface area contributed by atoms with Crippen molar-refractivity contribution in [3.63, 3.8) is 0 Å². The van der Waals surface area contributed by atoms with Gasteiger partial charge in [0.05, 0.1) is 0 Å². The summed E-state index contributed by atoms with van der Waals surface area (Å²) in [5.41, 5.74) is 0.727. The molecule has 16 heavy (non-hydrogen) atoms.